The summed E-state index contributed by atoms with van der Waals surface area (Å²) in [6, 6.07) is 8.92. The molecule has 0 spiro atoms. The van der Waals surface area contributed by atoms with Gasteiger partial charge < -0.3 is 14.2 Å². The summed E-state index contributed by atoms with van der Waals surface area (Å²) in [6.07, 6.45) is 15.0. The van der Waals surface area contributed by atoms with Gasteiger partial charge in [0, 0.05) is 25.4 Å². The Morgan fingerprint density at radius 3 is 2.54 bits per heavy atom. The molecule has 0 N–H and O–H groups in total. The van der Waals surface area contributed by atoms with Crippen LogP contribution in [-0.2, 0) is 23.8 Å². The van der Waals surface area contributed by atoms with E-state index in [4.69, 9.17) is 14.2 Å². The van der Waals surface area contributed by atoms with Crippen molar-refractivity contribution >= 4 is 11.8 Å². The lowest BCUT2D eigenvalue weighted by Gasteiger charge is -2.28. The molecule has 1 heterocycles. The SMILES string of the molecule is CCCCCC(OC1CCCCO1)c1ccc([C@H]2CCC(=O)[C@@H]2CCCCCCC(=O)OC)cc1. The van der Waals surface area contributed by atoms with E-state index >= 15 is 0 Å². The normalized spacial score (nSPS) is 23.4. The van der Waals surface area contributed by atoms with Crippen molar-refractivity contribution in [2.75, 3.05) is 13.7 Å². The number of methoxy groups -OCH3 is 1. The highest BCUT2D eigenvalue weighted by molar-refractivity contribution is 5.84. The Bertz CT molecular complexity index is 753. The van der Waals surface area contributed by atoms with Crippen LogP contribution in [0.1, 0.15) is 126 Å². The first-order chi connectivity index (χ1) is 17.1. The number of hydrogen-bond acceptors (Lipinski definition) is 5. The summed E-state index contributed by atoms with van der Waals surface area (Å²) in [6.45, 7) is 3.03. The maximum atomic E-state index is 12.7. The van der Waals surface area contributed by atoms with Gasteiger partial charge in [-0.15, -0.1) is 0 Å². The van der Waals surface area contributed by atoms with E-state index in [0.717, 1.165) is 70.8 Å². The molecule has 5 heteroatoms. The quantitative estimate of drug-likeness (QED) is 0.191. The molecule has 1 saturated heterocycles. The molecular formula is C30H46O5. The van der Waals surface area contributed by atoms with Crippen molar-refractivity contribution in [2.45, 2.75) is 122 Å². The third-order valence-electron chi connectivity index (χ3n) is 7.73. The molecule has 1 aliphatic heterocycles. The van der Waals surface area contributed by atoms with Gasteiger partial charge in [0.25, 0.3) is 0 Å². The molecule has 2 fully saturated rings. The molecule has 4 atom stereocenters. The first kappa shape index (κ1) is 27.9. The Labute approximate surface area is 212 Å². The zero-order valence-electron chi connectivity index (χ0n) is 22.0. The van der Waals surface area contributed by atoms with Crippen molar-refractivity contribution < 1.29 is 23.8 Å². The smallest absolute Gasteiger partial charge is 0.305 e. The summed E-state index contributed by atoms with van der Waals surface area (Å²) >= 11 is 0. The third-order valence-corrected chi connectivity index (χ3v) is 7.73. The second-order valence-electron chi connectivity index (χ2n) is 10.3. The van der Waals surface area contributed by atoms with Crippen molar-refractivity contribution in [2.24, 2.45) is 5.92 Å². The van der Waals surface area contributed by atoms with E-state index in [1.807, 2.05) is 0 Å². The predicted octanol–water partition coefficient (Wildman–Crippen LogP) is 7.43. The highest BCUT2D eigenvalue weighted by atomic mass is 16.7. The van der Waals surface area contributed by atoms with Crippen LogP contribution >= 0.6 is 0 Å². The van der Waals surface area contributed by atoms with Gasteiger partial charge in [0.1, 0.15) is 5.78 Å². The Hall–Kier alpha value is -1.72. The second-order valence-corrected chi connectivity index (χ2v) is 10.3. The summed E-state index contributed by atoms with van der Waals surface area (Å²) in [5.74, 6) is 0.745. The average Bonchev–Trinajstić information content (AvgIpc) is 3.26. The number of ketones is 1. The van der Waals surface area contributed by atoms with Crippen LogP contribution < -0.4 is 0 Å². The summed E-state index contributed by atoms with van der Waals surface area (Å²) in [5, 5.41) is 0. The van der Waals surface area contributed by atoms with Gasteiger partial charge in [-0.2, -0.15) is 0 Å². The fraction of sp³-hybridized carbons (Fsp3) is 0.733. The number of rotatable bonds is 15. The summed E-state index contributed by atoms with van der Waals surface area (Å²) in [7, 11) is 1.44. The lowest BCUT2D eigenvalue weighted by Crippen LogP contribution is -2.24. The van der Waals surface area contributed by atoms with Crippen LogP contribution in [-0.4, -0.2) is 31.8 Å². The number of carbonyl (C=O) groups is 2. The van der Waals surface area contributed by atoms with Gasteiger partial charge in [-0.05, 0) is 62.0 Å². The molecule has 2 aliphatic rings. The molecule has 35 heavy (non-hydrogen) atoms. The lowest BCUT2D eigenvalue weighted by molar-refractivity contribution is -0.191. The van der Waals surface area contributed by atoms with E-state index in [2.05, 4.69) is 31.2 Å². The zero-order chi connectivity index (χ0) is 24.9. The first-order valence-electron chi connectivity index (χ1n) is 14.1. The number of unbranched alkanes of at least 4 members (excludes halogenated alkanes) is 5. The van der Waals surface area contributed by atoms with Crippen molar-refractivity contribution in [3.8, 4) is 0 Å². The van der Waals surface area contributed by atoms with Gasteiger partial charge in [0.05, 0.1) is 13.2 Å². The molecule has 196 valence electrons. The highest BCUT2D eigenvalue weighted by Crippen LogP contribution is 2.41. The molecule has 0 radical (unpaired) electrons. The number of esters is 1. The monoisotopic (exact) mass is 486 g/mol. The molecule has 2 unspecified atom stereocenters. The van der Waals surface area contributed by atoms with Crippen LogP contribution in [0, 0.1) is 5.92 Å². The minimum absolute atomic E-state index is 0.0738. The number of ether oxygens (including phenoxy) is 3. The lowest BCUT2D eigenvalue weighted by atomic mass is 9.84. The van der Waals surface area contributed by atoms with Crippen LogP contribution in [0.5, 0.6) is 0 Å². The van der Waals surface area contributed by atoms with Gasteiger partial charge in [-0.3, -0.25) is 9.59 Å². The molecule has 0 aromatic heterocycles. The van der Waals surface area contributed by atoms with E-state index in [9.17, 15) is 9.59 Å². The van der Waals surface area contributed by atoms with E-state index < -0.39 is 0 Å². The number of hydrogen-bond donors (Lipinski definition) is 0. The molecular weight excluding hydrogens is 440 g/mol. The molecule has 5 nitrogen and oxygen atoms in total. The zero-order valence-corrected chi connectivity index (χ0v) is 22.0. The molecule has 1 aromatic rings. The molecule has 1 aromatic carbocycles. The van der Waals surface area contributed by atoms with Crippen LogP contribution in [0.4, 0.5) is 0 Å². The minimum Gasteiger partial charge on any atom is -0.469 e. The molecule has 1 aliphatic carbocycles. The van der Waals surface area contributed by atoms with Gasteiger partial charge in [-0.25, -0.2) is 0 Å². The van der Waals surface area contributed by atoms with Crippen molar-refractivity contribution in [3.63, 3.8) is 0 Å². The number of carbonyl (C=O) groups excluding carboxylic acids is 2. The van der Waals surface area contributed by atoms with Crippen LogP contribution in [0.15, 0.2) is 24.3 Å². The Morgan fingerprint density at radius 1 is 1.03 bits per heavy atom. The summed E-state index contributed by atoms with van der Waals surface area (Å²) in [5.41, 5.74) is 2.52. The number of Topliss-reactive ketones (excluding diaryl/α,β-unsaturated/α-hetero) is 1. The Kier molecular flexibility index (Phi) is 12.3. The highest BCUT2D eigenvalue weighted by Gasteiger charge is 2.35. The average molecular weight is 487 g/mol. The fourth-order valence-electron chi connectivity index (χ4n) is 5.61. The van der Waals surface area contributed by atoms with Crippen molar-refractivity contribution in [1.29, 1.82) is 0 Å². The van der Waals surface area contributed by atoms with Gasteiger partial charge in [0.15, 0.2) is 6.29 Å². The van der Waals surface area contributed by atoms with E-state index in [1.165, 1.54) is 37.5 Å². The van der Waals surface area contributed by atoms with Crippen molar-refractivity contribution in [3.05, 3.63) is 35.4 Å². The minimum atomic E-state index is -0.135. The maximum Gasteiger partial charge on any atom is 0.305 e. The molecule has 1 saturated carbocycles. The first-order valence-corrected chi connectivity index (χ1v) is 14.1. The van der Waals surface area contributed by atoms with Crippen molar-refractivity contribution in [1.82, 2.24) is 0 Å². The molecule has 0 bridgehead atoms. The molecule has 3 rings (SSSR count). The standard InChI is InChI=1S/C30H46O5/c1-3-4-7-13-28(35-30-15-10-11-22-34-30)24-18-16-23(17-19-24)25-20-21-27(31)26(25)12-8-5-6-9-14-29(32)33-2/h16-19,25-26,28,30H,3-15,20-22H2,1-2H3/t25-,26-,28?,30?/m1/s1. The van der Waals surface area contributed by atoms with Gasteiger partial charge >= 0.3 is 5.97 Å². The van der Waals surface area contributed by atoms with Gasteiger partial charge in [-0.1, -0.05) is 69.7 Å². The molecule has 0 amide bonds. The predicted molar refractivity (Wildman–Crippen MR) is 138 cm³/mol. The topological polar surface area (TPSA) is 61.8 Å². The van der Waals surface area contributed by atoms with Crippen LogP contribution in [0.25, 0.3) is 0 Å². The van der Waals surface area contributed by atoms with E-state index in [0.29, 0.717) is 24.5 Å². The van der Waals surface area contributed by atoms with Crippen LogP contribution in [0.2, 0.25) is 0 Å². The third kappa shape index (κ3) is 9.02. The largest absolute Gasteiger partial charge is 0.469 e. The Balaban J connectivity index is 1.55. The fourth-order valence-corrected chi connectivity index (χ4v) is 5.61. The second kappa shape index (κ2) is 15.4. The summed E-state index contributed by atoms with van der Waals surface area (Å²) < 4.78 is 17.0. The van der Waals surface area contributed by atoms with E-state index in [-0.39, 0.29) is 24.3 Å². The summed E-state index contributed by atoms with van der Waals surface area (Å²) in [4.78, 5) is 23.9. The maximum absolute atomic E-state index is 12.7. The van der Waals surface area contributed by atoms with Crippen LogP contribution in [0.3, 0.4) is 0 Å². The Morgan fingerprint density at radius 2 is 1.83 bits per heavy atom. The number of benzene rings is 1. The van der Waals surface area contributed by atoms with Gasteiger partial charge in [0.2, 0.25) is 0 Å². The van der Waals surface area contributed by atoms with E-state index in [1.54, 1.807) is 0 Å².